The van der Waals surface area contributed by atoms with Crippen LogP contribution < -0.4 is 0 Å². The Morgan fingerprint density at radius 2 is 1.86 bits per heavy atom. The van der Waals surface area contributed by atoms with Crippen LogP contribution in [0.1, 0.15) is 43.2 Å². The standard InChI is InChI=1S/C15H16F3NO2/c1-9-14(12-3-2-4-13(12)21-19(9)20)10-5-7-11(8-6-10)15(16,17)18/h5-8,12-14H,2-4H2,1H3/t12-,13+,14+/m1/s1. The van der Waals surface area contributed by atoms with Gasteiger partial charge in [0.2, 0.25) is 5.71 Å². The summed E-state index contributed by atoms with van der Waals surface area (Å²) in [4.78, 5) is 5.85. The highest BCUT2D eigenvalue weighted by Gasteiger charge is 2.43. The van der Waals surface area contributed by atoms with Gasteiger partial charge in [-0.2, -0.15) is 13.2 Å². The van der Waals surface area contributed by atoms with Gasteiger partial charge in [0.25, 0.3) is 0 Å². The van der Waals surface area contributed by atoms with Gasteiger partial charge in [-0.3, -0.25) is 5.21 Å². The summed E-state index contributed by atoms with van der Waals surface area (Å²) in [5.41, 5.74) is 0.595. The summed E-state index contributed by atoms with van der Waals surface area (Å²) in [6, 6.07) is 5.12. The minimum Gasteiger partial charge on any atom is -0.400 e. The van der Waals surface area contributed by atoms with Crippen molar-refractivity contribution in [2.75, 3.05) is 0 Å². The van der Waals surface area contributed by atoms with Crippen molar-refractivity contribution >= 4 is 5.71 Å². The van der Waals surface area contributed by atoms with Crippen LogP contribution in [-0.2, 0) is 11.0 Å². The van der Waals surface area contributed by atoms with E-state index in [0.717, 1.165) is 37.0 Å². The average Bonchev–Trinajstić information content (AvgIpc) is 2.87. The molecule has 0 aromatic heterocycles. The number of halogens is 3. The van der Waals surface area contributed by atoms with Crippen molar-refractivity contribution in [3.05, 3.63) is 40.6 Å². The molecule has 1 aliphatic heterocycles. The van der Waals surface area contributed by atoms with Crippen LogP contribution in [0.3, 0.4) is 0 Å². The van der Waals surface area contributed by atoms with Gasteiger partial charge in [0.1, 0.15) is 0 Å². The first-order valence-electron chi connectivity index (χ1n) is 7.02. The summed E-state index contributed by atoms with van der Waals surface area (Å²) in [6.45, 7) is 1.68. The molecule has 0 amide bonds. The summed E-state index contributed by atoms with van der Waals surface area (Å²) in [5.74, 6) is 0.0120. The predicted molar refractivity (Wildman–Crippen MR) is 70.7 cm³/mol. The first kappa shape index (κ1) is 14.2. The molecular formula is C15H16F3NO2. The summed E-state index contributed by atoms with van der Waals surface area (Å²) in [6.07, 6.45) is -1.73. The van der Waals surface area contributed by atoms with Gasteiger partial charge in [-0.25, -0.2) is 0 Å². The molecule has 114 valence electrons. The number of benzene rings is 1. The maximum Gasteiger partial charge on any atom is 0.416 e. The van der Waals surface area contributed by atoms with Crippen LogP contribution in [0, 0.1) is 11.1 Å². The number of hydrogen-bond acceptors (Lipinski definition) is 2. The molecule has 6 heteroatoms. The third-order valence-corrected chi connectivity index (χ3v) is 4.50. The minimum atomic E-state index is -4.34. The zero-order valence-electron chi connectivity index (χ0n) is 11.6. The van der Waals surface area contributed by atoms with Gasteiger partial charge in [-0.05, 0) is 36.5 Å². The molecule has 0 bridgehead atoms. The molecule has 3 rings (SSSR count). The van der Waals surface area contributed by atoms with Gasteiger partial charge < -0.3 is 4.84 Å². The Balaban J connectivity index is 1.96. The Hall–Kier alpha value is -1.72. The number of nitrogens with zero attached hydrogens (tertiary/aromatic N) is 1. The normalized spacial score (nSPS) is 29.2. The molecule has 1 aromatic rings. The van der Waals surface area contributed by atoms with Crippen molar-refractivity contribution < 1.29 is 22.9 Å². The number of rotatable bonds is 1. The van der Waals surface area contributed by atoms with Crippen molar-refractivity contribution in [1.29, 1.82) is 0 Å². The molecule has 1 heterocycles. The molecule has 0 unspecified atom stereocenters. The molecular weight excluding hydrogens is 283 g/mol. The highest BCUT2D eigenvalue weighted by atomic mass is 19.4. The van der Waals surface area contributed by atoms with Crippen molar-refractivity contribution in [1.82, 2.24) is 0 Å². The fourth-order valence-corrected chi connectivity index (χ4v) is 3.46. The van der Waals surface area contributed by atoms with Gasteiger partial charge in [0.15, 0.2) is 0 Å². The van der Waals surface area contributed by atoms with E-state index in [0.29, 0.717) is 10.6 Å². The topological polar surface area (TPSA) is 35.3 Å². The van der Waals surface area contributed by atoms with E-state index in [9.17, 15) is 18.4 Å². The number of alkyl halides is 3. The summed E-state index contributed by atoms with van der Waals surface area (Å²) in [7, 11) is 0. The van der Waals surface area contributed by atoms with Gasteiger partial charge >= 0.3 is 6.18 Å². The van der Waals surface area contributed by atoms with Gasteiger partial charge in [-0.1, -0.05) is 18.6 Å². The number of hydrogen-bond donors (Lipinski definition) is 0. The van der Waals surface area contributed by atoms with Crippen molar-refractivity contribution in [2.24, 2.45) is 5.92 Å². The molecule has 3 atom stereocenters. The number of fused-ring (bicyclic) bond motifs is 1. The molecule has 1 saturated carbocycles. The van der Waals surface area contributed by atoms with Crippen LogP contribution in [0.25, 0.3) is 0 Å². The van der Waals surface area contributed by atoms with Crippen molar-refractivity contribution in [3.8, 4) is 0 Å². The first-order valence-corrected chi connectivity index (χ1v) is 7.02. The molecule has 0 saturated heterocycles. The summed E-state index contributed by atoms with van der Waals surface area (Å²) in [5, 5.41) is 11.8. The fourth-order valence-electron chi connectivity index (χ4n) is 3.46. The van der Waals surface area contributed by atoms with Crippen LogP contribution in [0.5, 0.6) is 0 Å². The molecule has 21 heavy (non-hydrogen) atoms. The Bertz CT molecular complexity index is 565. The lowest BCUT2D eigenvalue weighted by Gasteiger charge is -2.33. The monoisotopic (exact) mass is 299 g/mol. The summed E-state index contributed by atoms with van der Waals surface area (Å²) >= 11 is 0. The van der Waals surface area contributed by atoms with Crippen LogP contribution in [0.4, 0.5) is 13.2 Å². The van der Waals surface area contributed by atoms with Crippen molar-refractivity contribution in [2.45, 2.75) is 44.4 Å². The quantitative estimate of drug-likeness (QED) is 0.738. The second-order valence-corrected chi connectivity index (χ2v) is 5.73. The van der Waals surface area contributed by atoms with Gasteiger partial charge in [0.05, 0.1) is 17.6 Å². The highest BCUT2D eigenvalue weighted by molar-refractivity contribution is 5.85. The van der Waals surface area contributed by atoms with Crippen LogP contribution in [-0.4, -0.2) is 16.7 Å². The third kappa shape index (κ3) is 2.47. The van der Waals surface area contributed by atoms with Gasteiger partial charge in [-0.15, -0.1) is 0 Å². The van der Waals surface area contributed by atoms with Crippen LogP contribution >= 0.6 is 0 Å². The maximum absolute atomic E-state index is 12.6. The Morgan fingerprint density at radius 1 is 1.19 bits per heavy atom. The van der Waals surface area contributed by atoms with E-state index in [4.69, 9.17) is 4.84 Å². The highest BCUT2D eigenvalue weighted by Crippen LogP contribution is 2.43. The summed E-state index contributed by atoms with van der Waals surface area (Å²) < 4.78 is 37.9. The van der Waals surface area contributed by atoms with Crippen LogP contribution in [0.2, 0.25) is 0 Å². The third-order valence-electron chi connectivity index (χ3n) is 4.50. The first-order chi connectivity index (χ1) is 9.88. The largest absolute Gasteiger partial charge is 0.416 e. The van der Waals surface area contributed by atoms with E-state index >= 15 is 0 Å². The van der Waals surface area contributed by atoms with E-state index in [1.54, 1.807) is 6.92 Å². The molecule has 0 radical (unpaired) electrons. The van der Waals surface area contributed by atoms with E-state index in [1.165, 1.54) is 12.1 Å². The Kier molecular flexibility index (Phi) is 3.34. The lowest BCUT2D eigenvalue weighted by molar-refractivity contribution is -0.761. The molecule has 3 nitrogen and oxygen atoms in total. The zero-order valence-corrected chi connectivity index (χ0v) is 11.6. The van der Waals surface area contributed by atoms with E-state index in [2.05, 4.69) is 0 Å². The lowest BCUT2D eigenvalue weighted by atomic mass is 9.80. The van der Waals surface area contributed by atoms with E-state index in [1.807, 2.05) is 0 Å². The van der Waals surface area contributed by atoms with E-state index < -0.39 is 11.7 Å². The maximum atomic E-state index is 12.6. The van der Waals surface area contributed by atoms with Gasteiger partial charge in [0, 0.05) is 11.8 Å². The second-order valence-electron chi connectivity index (χ2n) is 5.73. The second kappa shape index (κ2) is 4.93. The molecule has 0 N–H and O–H groups in total. The zero-order chi connectivity index (χ0) is 15.2. The molecule has 0 spiro atoms. The molecule has 1 aliphatic carbocycles. The Labute approximate surface area is 120 Å². The fraction of sp³-hybridized carbons (Fsp3) is 0.533. The lowest BCUT2D eigenvalue weighted by Crippen LogP contribution is -2.39. The average molecular weight is 299 g/mol. The smallest absolute Gasteiger partial charge is 0.400 e. The Morgan fingerprint density at radius 3 is 2.48 bits per heavy atom. The SMILES string of the molecule is CC1=[N+]([O-])O[C@H]2CCC[C@H]2[C@@H]1c1ccc(C(F)(F)F)cc1. The van der Waals surface area contributed by atoms with Crippen LogP contribution in [0.15, 0.2) is 24.3 Å². The minimum absolute atomic E-state index is 0.126. The molecule has 1 aromatic carbocycles. The predicted octanol–water partition coefficient (Wildman–Crippen LogP) is 3.87. The van der Waals surface area contributed by atoms with Crippen molar-refractivity contribution in [3.63, 3.8) is 0 Å². The molecule has 1 fully saturated rings. The van der Waals surface area contributed by atoms with E-state index in [-0.39, 0.29) is 17.9 Å². The molecule has 2 aliphatic rings.